The highest BCUT2D eigenvalue weighted by Crippen LogP contribution is 2.33. The standard InChI is InChI=1S/C22H31N5O4/c1-31-18-7-5-17(6-8-18)26-15-13-25(14-16-26)12-9-19(28)24-27-20(29)22(23-21(27)30)10-3-2-4-11-22/h5-8H,2-4,9-16H2,1H3,(H,23,30)(H,24,28). The van der Waals surface area contributed by atoms with Crippen LogP contribution < -0.4 is 20.4 Å². The third-order valence-corrected chi connectivity index (χ3v) is 6.57. The van der Waals surface area contributed by atoms with E-state index in [2.05, 4.69) is 32.7 Å². The van der Waals surface area contributed by atoms with E-state index in [0.717, 1.165) is 61.9 Å². The minimum absolute atomic E-state index is 0.243. The van der Waals surface area contributed by atoms with E-state index in [0.29, 0.717) is 19.4 Å². The molecule has 2 saturated heterocycles. The first-order valence-corrected chi connectivity index (χ1v) is 11.1. The summed E-state index contributed by atoms with van der Waals surface area (Å²) in [4.78, 5) is 42.0. The lowest BCUT2D eigenvalue weighted by Gasteiger charge is -2.36. The van der Waals surface area contributed by atoms with E-state index >= 15 is 0 Å². The Morgan fingerprint density at radius 2 is 1.74 bits per heavy atom. The Hall–Kier alpha value is -2.81. The number of nitrogens with one attached hydrogen (secondary N) is 2. The topological polar surface area (TPSA) is 94.2 Å². The van der Waals surface area contributed by atoms with Crippen LogP contribution in [-0.4, -0.2) is 73.1 Å². The molecule has 0 atom stereocenters. The molecule has 0 bridgehead atoms. The fourth-order valence-electron chi connectivity index (χ4n) is 4.68. The molecule has 2 N–H and O–H groups in total. The van der Waals surface area contributed by atoms with Crippen LogP contribution in [0.15, 0.2) is 24.3 Å². The lowest BCUT2D eigenvalue weighted by atomic mass is 9.82. The first-order valence-electron chi connectivity index (χ1n) is 11.1. The predicted octanol–water partition coefficient (Wildman–Crippen LogP) is 1.49. The van der Waals surface area contributed by atoms with Crippen molar-refractivity contribution in [2.24, 2.45) is 0 Å². The Morgan fingerprint density at radius 1 is 1.06 bits per heavy atom. The van der Waals surface area contributed by atoms with Crippen LogP contribution in [0.25, 0.3) is 0 Å². The van der Waals surface area contributed by atoms with Crippen molar-refractivity contribution in [3.63, 3.8) is 0 Å². The highest BCUT2D eigenvalue weighted by atomic mass is 16.5. The quantitative estimate of drug-likeness (QED) is 0.666. The highest BCUT2D eigenvalue weighted by Gasteiger charge is 2.52. The summed E-state index contributed by atoms with van der Waals surface area (Å²) in [5, 5.41) is 3.69. The van der Waals surface area contributed by atoms with E-state index < -0.39 is 11.6 Å². The van der Waals surface area contributed by atoms with Crippen LogP contribution in [0.1, 0.15) is 38.5 Å². The summed E-state index contributed by atoms with van der Waals surface area (Å²) in [6, 6.07) is 7.50. The lowest BCUT2D eigenvalue weighted by molar-refractivity contribution is -0.140. The number of benzene rings is 1. The van der Waals surface area contributed by atoms with Crippen molar-refractivity contribution >= 4 is 23.5 Å². The second-order valence-corrected chi connectivity index (χ2v) is 8.53. The van der Waals surface area contributed by atoms with Gasteiger partial charge in [0.1, 0.15) is 11.3 Å². The number of methoxy groups -OCH3 is 1. The minimum atomic E-state index is -0.819. The molecule has 3 aliphatic rings. The number of carbonyl (C=O) groups is 3. The summed E-state index contributed by atoms with van der Waals surface area (Å²) in [5.74, 6) is 0.209. The fraction of sp³-hybridized carbons (Fsp3) is 0.591. The van der Waals surface area contributed by atoms with Gasteiger partial charge in [-0.15, -0.1) is 0 Å². The van der Waals surface area contributed by atoms with Crippen LogP contribution in [-0.2, 0) is 9.59 Å². The number of hydrogen-bond donors (Lipinski definition) is 2. The number of urea groups is 1. The van der Waals surface area contributed by atoms with Crippen LogP contribution in [0.2, 0.25) is 0 Å². The average molecular weight is 430 g/mol. The van der Waals surface area contributed by atoms with Crippen molar-refractivity contribution in [1.82, 2.24) is 20.7 Å². The van der Waals surface area contributed by atoms with E-state index in [4.69, 9.17) is 4.74 Å². The van der Waals surface area contributed by atoms with Crippen LogP contribution in [0.5, 0.6) is 5.75 Å². The monoisotopic (exact) mass is 429 g/mol. The van der Waals surface area contributed by atoms with Gasteiger partial charge in [-0.1, -0.05) is 19.3 Å². The van der Waals surface area contributed by atoms with Gasteiger partial charge in [0.2, 0.25) is 5.91 Å². The van der Waals surface area contributed by atoms with E-state index in [1.807, 2.05) is 12.1 Å². The molecule has 1 saturated carbocycles. The Morgan fingerprint density at radius 3 is 2.39 bits per heavy atom. The third-order valence-electron chi connectivity index (χ3n) is 6.57. The molecule has 4 amide bonds. The maximum absolute atomic E-state index is 12.7. The smallest absolute Gasteiger partial charge is 0.344 e. The highest BCUT2D eigenvalue weighted by molar-refractivity contribution is 6.08. The molecular formula is C22H31N5O4. The van der Waals surface area contributed by atoms with Gasteiger partial charge in [-0.25, -0.2) is 4.79 Å². The number of hydrazine groups is 1. The zero-order chi connectivity index (χ0) is 21.8. The van der Waals surface area contributed by atoms with Gasteiger partial charge in [0, 0.05) is 44.8 Å². The van der Waals surface area contributed by atoms with E-state index in [-0.39, 0.29) is 18.2 Å². The van der Waals surface area contributed by atoms with Gasteiger partial charge in [-0.05, 0) is 37.1 Å². The summed E-state index contributed by atoms with van der Waals surface area (Å²) in [7, 11) is 1.66. The normalized spacial score (nSPS) is 21.3. The molecule has 0 radical (unpaired) electrons. The SMILES string of the molecule is COc1ccc(N2CCN(CCC(=O)NN3C(=O)NC4(CCCCC4)C3=O)CC2)cc1. The minimum Gasteiger partial charge on any atom is -0.497 e. The number of hydrogen-bond acceptors (Lipinski definition) is 6. The lowest BCUT2D eigenvalue weighted by Crippen LogP contribution is -2.51. The molecule has 4 rings (SSSR count). The van der Waals surface area contributed by atoms with Gasteiger partial charge >= 0.3 is 6.03 Å². The average Bonchev–Trinajstić information content (AvgIpc) is 3.02. The van der Waals surface area contributed by atoms with Crippen LogP contribution in [0.4, 0.5) is 10.5 Å². The van der Waals surface area contributed by atoms with Gasteiger partial charge in [-0.2, -0.15) is 5.01 Å². The molecule has 2 heterocycles. The van der Waals surface area contributed by atoms with Gasteiger partial charge < -0.3 is 15.0 Å². The number of amides is 4. The fourth-order valence-corrected chi connectivity index (χ4v) is 4.68. The summed E-state index contributed by atoms with van der Waals surface area (Å²) >= 11 is 0. The van der Waals surface area contributed by atoms with Crippen molar-refractivity contribution in [3.05, 3.63) is 24.3 Å². The molecule has 1 spiro atoms. The van der Waals surface area contributed by atoms with Crippen molar-refractivity contribution in [2.45, 2.75) is 44.1 Å². The zero-order valence-electron chi connectivity index (χ0n) is 18.1. The molecule has 1 aromatic rings. The number of piperazine rings is 1. The molecular weight excluding hydrogens is 398 g/mol. The Balaban J connectivity index is 1.21. The predicted molar refractivity (Wildman–Crippen MR) is 116 cm³/mol. The van der Waals surface area contributed by atoms with Gasteiger partial charge in [-0.3, -0.25) is 19.9 Å². The van der Waals surface area contributed by atoms with Crippen LogP contribution in [0, 0.1) is 0 Å². The van der Waals surface area contributed by atoms with Crippen LogP contribution >= 0.6 is 0 Å². The largest absolute Gasteiger partial charge is 0.497 e. The zero-order valence-corrected chi connectivity index (χ0v) is 18.1. The third kappa shape index (κ3) is 4.61. The maximum atomic E-state index is 12.7. The van der Waals surface area contributed by atoms with Crippen LogP contribution in [0.3, 0.4) is 0 Å². The number of rotatable bonds is 6. The molecule has 2 aliphatic heterocycles. The van der Waals surface area contributed by atoms with E-state index in [1.54, 1.807) is 7.11 Å². The summed E-state index contributed by atoms with van der Waals surface area (Å²) in [5.41, 5.74) is 2.86. The van der Waals surface area contributed by atoms with Crippen molar-refractivity contribution < 1.29 is 19.1 Å². The molecule has 1 aliphatic carbocycles. The van der Waals surface area contributed by atoms with Crippen molar-refractivity contribution in [2.75, 3.05) is 44.7 Å². The van der Waals surface area contributed by atoms with Crippen molar-refractivity contribution in [3.8, 4) is 5.75 Å². The van der Waals surface area contributed by atoms with Gasteiger partial charge in [0.05, 0.1) is 7.11 Å². The number of nitrogens with zero attached hydrogens (tertiary/aromatic N) is 3. The molecule has 9 heteroatoms. The molecule has 3 fully saturated rings. The second-order valence-electron chi connectivity index (χ2n) is 8.53. The number of imide groups is 1. The van der Waals surface area contributed by atoms with E-state index in [9.17, 15) is 14.4 Å². The Labute approximate surface area is 182 Å². The maximum Gasteiger partial charge on any atom is 0.344 e. The number of carbonyl (C=O) groups excluding carboxylic acids is 3. The molecule has 0 aromatic heterocycles. The van der Waals surface area contributed by atoms with Crippen molar-refractivity contribution in [1.29, 1.82) is 0 Å². The Bertz CT molecular complexity index is 814. The Kier molecular flexibility index (Phi) is 6.31. The van der Waals surface area contributed by atoms with Gasteiger partial charge in [0.15, 0.2) is 0 Å². The van der Waals surface area contributed by atoms with Gasteiger partial charge in [0.25, 0.3) is 5.91 Å². The summed E-state index contributed by atoms with van der Waals surface area (Å²) in [6.07, 6.45) is 4.42. The molecule has 31 heavy (non-hydrogen) atoms. The summed E-state index contributed by atoms with van der Waals surface area (Å²) < 4.78 is 5.21. The molecule has 0 unspecified atom stereocenters. The molecule has 168 valence electrons. The van der Waals surface area contributed by atoms with E-state index in [1.165, 1.54) is 0 Å². The summed E-state index contributed by atoms with van der Waals surface area (Å²) in [6.45, 7) is 4.06. The molecule has 1 aromatic carbocycles. The second kappa shape index (κ2) is 9.13. The first kappa shape index (κ1) is 21.4. The molecule has 9 nitrogen and oxygen atoms in total. The first-order chi connectivity index (χ1) is 15.0. The number of anilines is 1. The number of ether oxygens (including phenoxy) is 1.